The Morgan fingerprint density at radius 2 is 2.11 bits per heavy atom. The smallest absolute Gasteiger partial charge is 0.317 e. The molecule has 3 N–H and O–H groups in total. The molecule has 2 amide bonds. The van der Waals surface area contributed by atoms with Crippen molar-refractivity contribution >= 4 is 12.0 Å². The summed E-state index contributed by atoms with van der Waals surface area (Å²) < 4.78 is 0. The molecular weight excluding hydrogens is 248 g/mol. The number of urea groups is 1. The SMILES string of the molecule is CC(C)C(CC(=O)O)NC(=O)N1CCC(CCO)C1. The highest BCUT2D eigenvalue weighted by Crippen LogP contribution is 2.19. The Kier molecular flexibility index (Phi) is 6.08. The Morgan fingerprint density at radius 1 is 1.42 bits per heavy atom. The average Bonchev–Trinajstić information content (AvgIpc) is 2.76. The molecule has 0 aromatic heterocycles. The van der Waals surface area contributed by atoms with E-state index in [1.54, 1.807) is 4.90 Å². The molecule has 1 aliphatic heterocycles. The fourth-order valence-corrected chi connectivity index (χ4v) is 2.33. The van der Waals surface area contributed by atoms with Crippen molar-refractivity contribution in [3.63, 3.8) is 0 Å². The fraction of sp³-hybridized carbons (Fsp3) is 0.846. The van der Waals surface area contributed by atoms with Crippen LogP contribution in [0.25, 0.3) is 0 Å². The quantitative estimate of drug-likeness (QED) is 0.670. The summed E-state index contributed by atoms with van der Waals surface area (Å²) in [5.41, 5.74) is 0. The lowest BCUT2D eigenvalue weighted by Gasteiger charge is -2.25. The third-order valence-corrected chi connectivity index (χ3v) is 3.62. The number of carbonyl (C=O) groups is 2. The van der Waals surface area contributed by atoms with Gasteiger partial charge in [-0.15, -0.1) is 0 Å². The number of nitrogens with zero attached hydrogens (tertiary/aromatic N) is 1. The molecule has 1 rings (SSSR count). The van der Waals surface area contributed by atoms with Crippen LogP contribution < -0.4 is 5.32 Å². The molecule has 1 fully saturated rings. The van der Waals surface area contributed by atoms with E-state index in [0.29, 0.717) is 25.4 Å². The number of aliphatic carboxylic acids is 1. The Balaban J connectivity index is 2.46. The van der Waals surface area contributed by atoms with Gasteiger partial charge >= 0.3 is 12.0 Å². The van der Waals surface area contributed by atoms with E-state index in [0.717, 1.165) is 6.42 Å². The molecule has 6 nitrogen and oxygen atoms in total. The van der Waals surface area contributed by atoms with Gasteiger partial charge in [-0.25, -0.2) is 4.79 Å². The Labute approximate surface area is 113 Å². The number of likely N-dealkylation sites (tertiary alicyclic amines) is 1. The number of aliphatic hydroxyl groups is 1. The lowest BCUT2D eigenvalue weighted by Crippen LogP contribution is -2.46. The fourth-order valence-electron chi connectivity index (χ4n) is 2.33. The van der Waals surface area contributed by atoms with E-state index in [4.69, 9.17) is 10.2 Å². The van der Waals surface area contributed by atoms with Crippen molar-refractivity contribution in [3.8, 4) is 0 Å². The van der Waals surface area contributed by atoms with Gasteiger partial charge in [0.25, 0.3) is 0 Å². The number of nitrogens with one attached hydrogen (secondary N) is 1. The van der Waals surface area contributed by atoms with Gasteiger partial charge in [0.2, 0.25) is 0 Å². The van der Waals surface area contributed by atoms with E-state index < -0.39 is 5.97 Å². The van der Waals surface area contributed by atoms with Gasteiger partial charge in [-0.2, -0.15) is 0 Å². The van der Waals surface area contributed by atoms with Gasteiger partial charge in [0.1, 0.15) is 0 Å². The number of carboxylic acids is 1. The van der Waals surface area contributed by atoms with Crippen molar-refractivity contribution in [2.45, 2.75) is 39.2 Å². The molecule has 2 unspecified atom stereocenters. The highest BCUT2D eigenvalue weighted by atomic mass is 16.4. The topological polar surface area (TPSA) is 89.9 Å². The van der Waals surface area contributed by atoms with Gasteiger partial charge in [-0.3, -0.25) is 4.79 Å². The van der Waals surface area contributed by atoms with Gasteiger partial charge in [0, 0.05) is 25.7 Å². The molecule has 0 aliphatic carbocycles. The summed E-state index contributed by atoms with van der Waals surface area (Å²) in [6, 6.07) is -0.540. The molecule has 1 heterocycles. The highest BCUT2D eigenvalue weighted by molar-refractivity contribution is 5.76. The minimum absolute atomic E-state index is 0.0582. The van der Waals surface area contributed by atoms with Gasteiger partial charge in [0.05, 0.1) is 6.42 Å². The second-order valence-corrected chi connectivity index (χ2v) is 5.51. The third-order valence-electron chi connectivity index (χ3n) is 3.62. The molecule has 1 saturated heterocycles. The van der Waals surface area contributed by atoms with Crippen LogP contribution in [0.5, 0.6) is 0 Å². The predicted octanol–water partition coefficient (Wildman–Crippen LogP) is 0.900. The largest absolute Gasteiger partial charge is 0.481 e. The first-order chi connectivity index (χ1) is 8.93. The summed E-state index contributed by atoms with van der Waals surface area (Å²) in [7, 11) is 0. The van der Waals surface area contributed by atoms with Crippen molar-refractivity contribution in [3.05, 3.63) is 0 Å². The van der Waals surface area contributed by atoms with Gasteiger partial charge in [-0.1, -0.05) is 13.8 Å². The summed E-state index contributed by atoms with van der Waals surface area (Å²) in [6.45, 7) is 5.26. The van der Waals surface area contributed by atoms with Crippen molar-refractivity contribution < 1.29 is 19.8 Å². The van der Waals surface area contributed by atoms with Gasteiger partial charge < -0.3 is 20.4 Å². The second-order valence-electron chi connectivity index (χ2n) is 5.51. The first kappa shape index (κ1) is 15.8. The Morgan fingerprint density at radius 3 is 2.63 bits per heavy atom. The molecule has 0 radical (unpaired) electrons. The van der Waals surface area contributed by atoms with Crippen LogP contribution in [-0.2, 0) is 4.79 Å². The maximum absolute atomic E-state index is 12.1. The lowest BCUT2D eigenvalue weighted by atomic mass is 10.0. The van der Waals surface area contributed by atoms with E-state index in [1.165, 1.54) is 0 Å². The van der Waals surface area contributed by atoms with Crippen molar-refractivity contribution in [1.82, 2.24) is 10.2 Å². The van der Waals surface area contributed by atoms with Crippen molar-refractivity contribution in [1.29, 1.82) is 0 Å². The number of hydrogen-bond donors (Lipinski definition) is 3. The van der Waals surface area contributed by atoms with E-state index in [2.05, 4.69) is 5.32 Å². The zero-order valence-corrected chi connectivity index (χ0v) is 11.6. The molecular formula is C13H24N2O4. The Bertz CT molecular complexity index is 320. The minimum atomic E-state index is -0.904. The molecule has 0 saturated carbocycles. The first-order valence-corrected chi connectivity index (χ1v) is 6.82. The maximum Gasteiger partial charge on any atom is 0.317 e. The van der Waals surface area contributed by atoms with Crippen LogP contribution in [0.4, 0.5) is 4.79 Å². The number of rotatable bonds is 6. The van der Waals surface area contributed by atoms with Gasteiger partial charge in [-0.05, 0) is 24.7 Å². The molecule has 0 aromatic rings. The van der Waals surface area contributed by atoms with Crippen LogP contribution in [0.3, 0.4) is 0 Å². The summed E-state index contributed by atoms with van der Waals surface area (Å²) in [5, 5.41) is 20.5. The van der Waals surface area contributed by atoms with Crippen LogP contribution in [-0.4, -0.2) is 52.9 Å². The second kappa shape index (κ2) is 7.33. The monoisotopic (exact) mass is 272 g/mol. The molecule has 6 heteroatoms. The first-order valence-electron chi connectivity index (χ1n) is 6.82. The summed E-state index contributed by atoms with van der Waals surface area (Å²) in [6.07, 6.45) is 1.56. The summed E-state index contributed by atoms with van der Waals surface area (Å²) in [5.74, 6) is -0.470. The van der Waals surface area contributed by atoms with Crippen molar-refractivity contribution in [2.24, 2.45) is 11.8 Å². The molecule has 2 atom stereocenters. The number of hydrogen-bond acceptors (Lipinski definition) is 3. The maximum atomic E-state index is 12.1. The molecule has 0 aromatic carbocycles. The molecule has 110 valence electrons. The van der Waals surface area contributed by atoms with Crippen molar-refractivity contribution in [2.75, 3.05) is 19.7 Å². The minimum Gasteiger partial charge on any atom is -0.481 e. The predicted molar refractivity (Wildman–Crippen MR) is 70.8 cm³/mol. The van der Waals surface area contributed by atoms with Gasteiger partial charge in [0.15, 0.2) is 0 Å². The van der Waals surface area contributed by atoms with E-state index in [9.17, 15) is 9.59 Å². The molecule has 0 spiro atoms. The van der Waals surface area contributed by atoms with E-state index >= 15 is 0 Å². The molecule has 0 bridgehead atoms. The normalized spacial score (nSPS) is 20.6. The number of aliphatic hydroxyl groups excluding tert-OH is 1. The zero-order chi connectivity index (χ0) is 14.4. The Hall–Kier alpha value is -1.30. The lowest BCUT2D eigenvalue weighted by molar-refractivity contribution is -0.137. The van der Waals surface area contributed by atoms with Crippen LogP contribution in [0.1, 0.15) is 33.1 Å². The number of amides is 2. The summed E-state index contributed by atoms with van der Waals surface area (Å²) in [4.78, 5) is 24.5. The van der Waals surface area contributed by atoms with E-state index in [-0.39, 0.29) is 31.0 Å². The highest BCUT2D eigenvalue weighted by Gasteiger charge is 2.28. The number of carboxylic acid groups (broad SMARTS) is 1. The molecule has 19 heavy (non-hydrogen) atoms. The van der Waals surface area contributed by atoms with E-state index in [1.807, 2.05) is 13.8 Å². The van der Waals surface area contributed by atoms with Crippen LogP contribution in [0, 0.1) is 11.8 Å². The number of carbonyl (C=O) groups excluding carboxylic acids is 1. The summed E-state index contributed by atoms with van der Waals surface area (Å²) >= 11 is 0. The third kappa shape index (κ3) is 5.06. The van der Waals surface area contributed by atoms with Crippen LogP contribution in [0.15, 0.2) is 0 Å². The average molecular weight is 272 g/mol. The van der Waals surface area contributed by atoms with Crippen LogP contribution in [0.2, 0.25) is 0 Å². The zero-order valence-electron chi connectivity index (χ0n) is 11.6. The molecule has 1 aliphatic rings. The standard InChI is InChI=1S/C13H24N2O4/c1-9(2)11(7-12(17)18)14-13(19)15-5-3-10(8-15)4-6-16/h9-11,16H,3-8H2,1-2H3,(H,14,19)(H,17,18). The van der Waals surface area contributed by atoms with Crippen LogP contribution >= 0.6 is 0 Å².